The summed E-state index contributed by atoms with van der Waals surface area (Å²) < 4.78 is 2.14. The molecule has 1 aliphatic heterocycles. The van der Waals surface area contributed by atoms with Crippen molar-refractivity contribution >= 4 is 5.91 Å². The Balaban J connectivity index is 1.46. The van der Waals surface area contributed by atoms with Crippen molar-refractivity contribution in [3.05, 3.63) is 12.2 Å². The lowest BCUT2D eigenvalue weighted by Gasteiger charge is -2.18. The minimum absolute atomic E-state index is 0.365. The lowest BCUT2D eigenvalue weighted by atomic mass is 10.0. The van der Waals surface area contributed by atoms with Gasteiger partial charge >= 0.3 is 0 Å². The van der Waals surface area contributed by atoms with Crippen molar-refractivity contribution in [3.8, 4) is 0 Å². The molecule has 1 atom stereocenters. The summed E-state index contributed by atoms with van der Waals surface area (Å²) in [5.41, 5.74) is 0. The average Bonchev–Trinajstić information content (AvgIpc) is 3.26. The van der Waals surface area contributed by atoms with Crippen LogP contribution in [0, 0.1) is 11.8 Å². The predicted molar refractivity (Wildman–Crippen MR) is 90.0 cm³/mol. The molecule has 0 bridgehead atoms. The summed E-state index contributed by atoms with van der Waals surface area (Å²) in [4.78, 5) is 14.5. The van der Waals surface area contributed by atoms with Gasteiger partial charge in [-0.3, -0.25) is 4.79 Å². The van der Waals surface area contributed by atoms with Gasteiger partial charge in [0.2, 0.25) is 5.91 Å². The molecule has 2 heterocycles. The first-order chi connectivity index (χ1) is 11.1. The van der Waals surface area contributed by atoms with Gasteiger partial charge in [-0.25, -0.2) is 0 Å². The standard InChI is InChI=1S/C18H30N4O/c1-14(2)22-13-19-20-17(22)11-16-9-10-21(12-16)18(23)8-7-15-5-3-4-6-15/h13-16H,3-12H2,1-2H3. The number of likely N-dealkylation sites (tertiary alicyclic amines) is 1. The summed E-state index contributed by atoms with van der Waals surface area (Å²) >= 11 is 0. The highest BCUT2D eigenvalue weighted by molar-refractivity contribution is 5.76. The molecule has 1 saturated heterocycles. The predicted octanol–water partition coefficient (Wildman–Crippen LogP) is 3.22. The van der Waals surface area contributed by atoms with Gasteiger partial charge in [-0.15, -0.1) is 10.2 Å². The zero-order valence-electron chi connectivity index (χ0n) is 14.6. The van der Waals surface area contributed by atoms with Crippen LogP contribution < -0.4 is 0 Å². The number of nitrogens with zero attached hydrogens (tertiary/aromatic N) is 4. The van der Waals surface area contributed by atoms with Crippen molar-refractivity contribution in [2.24, 2.45) is 11.8 Å². The number of carbonyl (C=O) groups excluding carboxylic acids is 1. The van der Waals surface area contributed by atoms with Crippen LogP contribution in [0.3, 0.4) is 0 Å². The molecule has 1 saturated carbocycles. The second-order valence-corrected chi connectivity index (χ2v) is 7.64. The Morgan fingerprint density at radius 2 is 2.04 bits per heavy atom. The van der Waals surface area contributed by atoms with Gasteiger partial charge in [0.25, 0.3) is 0 Å². The zero-order chi connectivity index (χ0) is 16.2. The maximum atomic E-state index is 12.4. The third kappa shape index (κ3) is 4.12. The second kappa shape index (κ2) is 7.45. The number of amides is 1. The van der Waals surface area contributed by atoms with E-state index in [4.69, 9.17) is 0 Å². The second-order valence-electron chi connectivity index (χ2n) is 7.64. The van der Waals surface area contributed by atoms with Crippen LogP contribution in [0.2, 0.25) is 0 Å². The van der Waals surface area contributed by atoms with Gasteiger partial charge in [0, 0.05) is 32.0 Å². The molecule has 23 heavy (non-hydrogen) atoms. The van der Waals surface area contributed by atoms with Gasteiger partial charge in [0.15, 0.2) is 0 Å². The largest absolute Gasteiger partial charge is 0.342 e. The van der Waals surface area contributed by atoms with E-state index in [2.05, 4.69) is 33.5 Å². The Labute approximate surface area is 139 Å². The highest BCUT2D eigenvalue weighted by Crippen LogP contribution is 2.29. The smallest absolute Gasteiger partial charge is 0.222 e. The summed E-state index contributed by atoms with van der Waals surface area (Å²) in [6.45, 7) is 6.12. The van der Waals surface area contributed by atoms with Crippen LogP contribution in [0.15, 0.2) is 6.33 Å². The summed E-state index contributed by atoms with van der Waals surface area (Å²) in [7, 11) is 0. The van der Waals surface area contributed by atoms with Crippen molar-refractivity contribution in [1.82, 2.24) is 19.7 Å². The summed E-state index contributed by atoms with van der Waals surface area (Å²) in [6, 6.07) is 0.394. The average molecular weight is 318 g/mol. The molecule has 128 valence electrons. The van der Waals surface area contributed by atoms with Gasteiger partial charge < -0.3 is 9.47 Å². The first kappa shape index (κ1) is 16.5. The fraction of sp³-hybridized carbons (Fsp3) is 0.833. The number of hydrogen-bond acceptors (Lipinski definition) is 3. The van der Waals surface area contributed by atoms with Crippen LogP contribution in [-0.2, 0) is 11.2 Å². The van der Waals surface area contributed by atoms with Gasteiger partial charge in [0.1, 0.15) is 12.2 Å². The minimum Gasteiger partial charge on any atom is -0.342 e. The van der Waals surface area contributed by atoms with E-state index in [1.54, 1.807) is 0 Å². The number of carbonyl (C=O) groups is 1. The summed E-state index contributed by atoms with van der Waals surface area (Å²) in [5.74, 6) is 2.77. The number of hydrogen-bond donors (Lipinski definition) is 0. The van der Waals surface area contributed by atoms with E-state index in [1.807, 2.05) is 6.33 Å². The van der Waals surface area contributed by atoms with Crippen molar-refractivity contribution in [2.75, 3.05) is 13.1 Å². The highest BCUT2D eigenvalue weighted by Gasteiger charge is 2.28. The molecule has 1 aromatic heterocycles. The first-order valence-electron chi connectivity index (χ1n) is 9.29. The van der Waals surface area contributed by atoms with Crippen LogP contribution in [-0.4, -0.2) is 38.7 Å². The van der Waals surface area contributed by atoms with Crippen LogP contribution in [0.4, 0.5) is 0 Å². The van der Waals surface area contributed by atoms with Crippen LogP contribution in [0.1, 0.15) is 70.7 Å². The maximum absolute atomic E-state index is 12.4. The van der Waals surface area contributed by atoms with E-state index in [-0.39, 0.29) is 0 Å². The maximum Gasteiger partial charge on any atom is 0.222 e. The number of rotatable bonds is 6. The fourth-order valence-corrected chi connectivity index (χ4v) is 4.11. The Bertz CT molecular complexity index is 519. The third-order valence-electron chi connectivity index (χ3n) is 5.55. The monoisotopic (exact) mass is 318 g/mol. The Morgan fingerprint density at radius 1 is 1.26 bits per heavy atom. The molecule has 0 spiro atoms. The lowest BCUT2D eigenvalue weighted by molar-refractivity contribution is -0.130. The summed E-state index contributed by atoms with van der Waals surface area (Å²) in [5, 5.41) is 8.31. The van der Waals surface area contributed by atoms with Gasteiger partial charge in [-0.1, -0.05) is 25.7 Å². The van der Waals surface area contributed by atoms with Gasteiger partial charge in [-0.2, -0.15) is 0 Å². The molecule has 2 aliphatic rings. The lowest BCUT2D eigenvalue weighted by Crippen LogP contribution is -2.29. The van der Waals surface area contributed by atoms with E-state index >= 15 is 0 Å². The van der Waals surface area contributed by atoms with E-state index in [9.17, 15) is 4.79 Å². The molecule has 2 fully saturated rings. The van der Waals surface area contributed by atoms with Gasteiger partial charge in [0.05, 0.1) is 0 Å². The van der Waals surface area contributed by atoms with Crippen molar-refractivity contribution in [3.63, 3.8) is 0 Å². The Hall–Kier alpha value is -1.39. The molecular weight excluding hydrogens is 288 g/mol. The minimum atomic E-state index is 0.365. The van der Waals surface area contributed by atoms with E-state index in [0.29, 0.717) is 17.9 Å². The molecule has 0 aromatic carbocycles. The Kier molecular flexibility index (Phi) is 5.34. The van der Waals surface area contributed by atoms with Crippen LogP contribution in [0.5, 0.6) is 0 Å². The van der Waals surface area contributed by atoms with E-state index in [0.717, 1.165) is 50.5 Å². The van der Waals surface area contributed by atoms with E-state index in [1.165, 1.54) is 25.7 Å². The zero-order valence-corrected chi connectivity index (χ0v) is 14.6. The first-order valence-corrected chi connectivity index (χ1v) is 9.29. The molecule has 5 nitrogen and oxygen atoms in total. The topological polar surface area (TPSA) is 51.0 Å². The van der Waals surface area contributed by atoms with Crippen LogP contribution >= 0.6 is 0 Å². The molecular formula is C18H30N4O. The molecule has 0 N–H and O–H groups in total. The molecule has 5 heteroatoms. The molecule has 1 amide bonds. The van der Waals surface area contributed by atoms with Crippen LogP contribution in [0.25, 0.3) is 0 Å². The molecule has 0 radical (unpaired) electrons. The molecule has 1 unspecified atom stereocenters. The van der Waals surface area contributed by atoms with Crippen molar-refractivity contribution < 1.29 is 4.79 Å². The fourth-order valence-electron chi connectivity index (χ4n) is 4.11. The van der Waals surface area contributed by atoms with Gasteiger partial charge in [-0.05, 0) is 38.5 Å². The normalized spacial score (nSPS) is 22.4. The third-order valence-corrected chi connectivity index (χ3v) is 5.55. The van der Waals surface area contributed by atoms with Crippen molar-refractivity contribution in [2.45, 2.75) is 71.3 Å². The molecule has 1 aliphatic carbocycles. The molecule has 3 rings (SSSR count). The SMILES string of the molecule is CC(C)n1cnnc1CC1CCN(C(=O)CCC2CCCC2)C1. The molecule has 1 aromatic rings. The summed E-state index contributed by atoms with van der Waals surface area (Å²) in [6.07, 6.45) is 11.1. The van der Waals surface area contributed by atoms with Crippen molar-refractivity contribution in [1.29, 1.82) is 0 Å². The quantitative estimate of drug-likeness (QED) is 0.809. The highest BCUT2D eigenvalue weighted by atomic mass is 16.2. The number of aromatic nitrogens is 3. The Morgan fingerprint density at radius 3 is 2.78 bits per heavy atom. The van der Waals surface area contributed by atoms with E-state index < -0.39 is 0 Å².